The van der Waals surface area contributed by atoms with Gasteiger partial charge in [-0.15, -0.1) is 0 Å². The lowest BCUT2D eigenvalue weighted by atomic mass is 10.1. The summed E-state index contributed by atoms with van der Waals surface area (Å²) in [4.78, 5) is 0. The van der Waals surface area contributed by atoms with Crippen LogP contribution in [0.15, 0.2) is 24.3 Å². The average molecular weight is 166 g/mol. The molecule has 0 aliphatic carbocycles. The van der Waals surface area contributed by atoms with Crippen molar-refractivity contribution in [1.82, 2.24) is 0 Å². The smallest absolute Gasteiger partial charge is 0.106 e. The normalized spacial score (nSPS) is 20.7. The first-order valence-corrected chi connectivity index (χ1v) is 3.65. The fourth-order valence-electron chi connectivity index (χ4n) is 1.06. The summed E-state index contributed by atoms with van der Waals surface area (Å²) in [7, 11) is 0. The van der Waals surface area contributed by atoms with Crippen LogP contribution < -0.4 is 5.23 Å². The molecule has 1 saturated heterocycles. The van der Waals surface area contributed by atoms with Crippen molar-refractivity contribution in [2.24, 2.45) is 0 Å². The molecular formula is C8H8NO3. The van der Waals surface area contributed by atoms with E-state index in [2.05, 4.69) is 0 Å². The quantitative estimate of drug-likeness (QED) is 0.532. The van der Waals surface area contributed by atoms with Crippen LogP contribution in [-0.4, -0.2) is 11.8 Å². The largest absolute Gasteiger partial charge is 0.368 e. The number of rotatable bonds is 2. The third-order valence-corrected chi connectivity index (χ3v) is 1.82. The van der Waals surface area contributed by atoms with E-state index >= 15 is 0 Å². The van der Waals surface area contributed by atoms with Crippen molar-refractivity contribution in [1.29, 1.82) is 0 Å². The molecule has 0 bridgehead atoms. The first-order chi connectivity index (χ1) is 5.77. The highest BCUT2D eigenvalue weighted by Gasteiger charge is 2.24. The molecule has 1 aliphatic rings. The van der Waals surface area contributed by atoms with Crippen molar-refractivity contribution in [2.45, 2.75) is 6.10 Å². The third kappa shape index (κ3) is 1.40. The Kier molecular flexibility index (Phi) is 1.73. The SMILES string of the molecule is [O]N(O)c1ccc(C2CO2)cc1. The van der Waals surface area contributed by atoms with Gasteiger partial charge < -0.3 is 4.74 Å². The van der Waals surface area contributed by atoms with Gasteiger partial charge in [-0.05, 0) is 17.7 Å². The number of benzene rings is 1. The molecule has 1 radical (unpaired) electrons. The standard InChI is InChI=1S/C8H8NO3/c10-9(11)7-3-1-6(2-4-7)8-5-12-8/h1-4,8,10H,5H2. The van der Waals surface area contributed by atoms with Crippen molar-refractivity contribution >= 4 is 5.69 Å². The van der Waals surface area contributed by atoms with E-state index in [1.54, 1.807) is 24.3 Å². The summed E-state index contributed by atoms with van der Waals surface area (Å²) >= 11 is 0. The number of hydrogen-bond acceptors (Lipinski definition) is 3. The van der Waals surface area contributed by atoms with Gasteiger partial charge in [0.05, 0.1) is 12.3 Å². The van der Waals surface area contributed by atoms with Crippen molar-refractivity contribution in [3.05, 3.63) is 29.8 Å². The van der Waals surface area contributed by atoms with Gasteiger partial charge in [0.2, 0.25) is 0 Å². The number of nitrogens with zero attached hydrogens (tertiary/aromatic N) is 1. The van der Waals surface area contributed by atoms with E-state index in [1.807, 2.05) is 0 Å². The molecule has 2 rings (SSSR count). The lowest BCUT2D eigenvalue weighted by Crippen LogP contribution is -2.08. The number of ether oxygens (including phenoxy) is 1. The van der Waals surface area contributed by atoms with Gasteiger partial charge in [-0.25, -0.2) is 0 Å². The minimum Gasteiger partial charge on any atom is -0.368 e. The minimum absolute atomic E-state index is 0.155. The van der Waals surface area contributed by atoms with Crippen LogP contribution in [-0.2, 0) is 9.94 Å². The second-order valence-electron chi connectivity index (χ2n) is 2.69. The molecule has 0 spiro atoms. The Balaban J connectivity index is 2.18. The van der Waals surface area contributed by atoms with Gasteiger partial charge in [-0.2, -0.15) is 0 Å². The Morgan fingerprint density at radius 2 is 2.00 bits per heavy atom. The van der Waals surface area contributed by atoms with E-state index in [1.165, 1.54) is 0 Å². The Hall–Kier alpha value is -1.10. The van der Waals surface area contributed by atoms with Crippen LogP contribution in [0.25, 0.3) is 0 Å². The number of hydrogen-bond donors (Lipinski definition) is 1. The average Bonchev–Trinajstić information content (AvgIpc) is 2.87. The van der Waals surface area contributed by atoms with Gasteiger partial charge in [0.15, 0.2) is 0 Å². The molecule has 4 nitrogen and oxygen atoms in total. The van der Waals surface area contributed by atoms with Crippen LogP contribution in [0.3, 0.4) is 0 Å². The summed E-state index contributed by atoms with van der Waals surface area (Å²) in [6.07, 6.45) is 0.192. The summed E-state index contributed by atoms with van der Waals surface area (Å²) in [6, 6.07) is 6.66. The Labute approximate surface area is 69.5 Å². The van der Waals surface area contributed by atoms with E-state index in [9.17, 15) is 5.21 Å². The summed E-state index contributed by atoms with van der Waals surface area (Å²) in [5.74, 6) is 0. The van der Waals surface area contributed by atoms with Gasteiger partial charge in [0.25, 0.3) is 0 Å². The zero-order valence-electron chi connectivity index (χ0n) is 6.30. The maximum Gasteiger partial charge on any atom is 0.106 e. The molecule has 1 aromatic rings. The van der Waals surface area contributed by atoms with Crippen LogP contribution in [0.1, 0.15) is 11.7 Å². The van der Waals surface area contributed by atoms with Gasteiger partial charge in [-0.3, -0.25) is 5.21 Å². The van der Waals surface area contributed by atoms with E-state index in [0.29, 0.717) is 0 Å². The first-order valence-electron chi connectivity index (χ1n) is 3.65. The van der Waals surface area contributed by atoms with E-state index in [4.69, 9.17) is 9.94 Å². The fraction of sp³-hybridized carbons (Fsp3) is 0.250. The molecule has 1 aliphatic heterocycles. The lowest BCUT2D eigenvalue weighted by molar-refractivity contribution is -0.0268. The van der Waals surface area contributed by atoms with Crippen molar-refractivity contribution in [2.75, 3.05) is 11.8 Å². The van der Waals surface area contributed by atoms with E-state index in [0.717, 1.165) is 12.2 Å². The Morgan fingerprint density at radius 1 is 1.42 bits per heavy atom. The molecule has 0 saturated carbocycles. The molecule has 1 unspecified atom stereocenters. The molecule has 1 fully saturated rings. The third-order valence-electron chi connectivity index (χ3n) is 1.82. The predicted molar refractivity (Wildman–Crippen MR) is 40.1 cm³/mol. The molecule has 0 aromatic heterocycles. The summed E-state index contributed by atoms with van der Waals surface area (Å²) in [5, 5.41) is 18.7. The highest BCUT2D eigenvalue weighted by Crippen LogP contribution is 2.30. The summed E-state index contributed by atoms with van der Waals surface area (Å²) in [5.41, 5.74) is 1.28. The van der Waals surface area contributed by atoms with Gasteiger partial charge in [0.1, 0.15) is 6.10 Å². The number of anilines is 1. The Morgan fingerprint density at radius 3 is 2.42 bits per heavy atom. The monoisotopic (exact) mass is 166 g/mol. The van der Waals surface area contributed by atoms with Crippen LogP contribution in [0, 0.1) is 0 Å². The summed E-state index contributed by atoms with van der Waals surface area (Å²) in [6.45, 7) is 0.750. The van der Waals surface area contributed by atoms with Crippen molar-refractivity contribution in [3.63, 3.8) is 0 Å². The van der Waals surface area contributed by atoms with Crippen LogP contribution in [0.4, 0.5) is 5.69 Å². The van der Waals surface area contributed by atoms with Crippen LogP contribution in [0.5, 0.6) is 0 Å². The zero-order chi connectivity index (χ0) is 8.55. The summed E-state index contributed by atoms with van der Waals surface area (Å²) < 4.78 is 5.04. The molecule has 1 N–H and O–H groups in total. The second kappa shape index (κ2) is 2.75. The first kappa shape index (κ1) is 7.54. The van der Waals surface area contributed by atoms with E-state index in [-0.39, 0.29) is 17.0 Å². The number of epoxide rings is 1. The highest BCUT2D eigenvalue weighted by molar-refractivity contribution is 5.43. The maximum absolute atomic E-state index is 10.4. The lowest BCUT2D eigenvalue weighted by Gasteiger charge is -2.04. The minimum atomic E-state index is -0.155. The second-order valence-corrected chi connectivity index (χ2v) is 2.69. The molecule has 0 amide bonds. The zero-order valence-corrected chi connectivity index (χ0v) is 6.30. The van der Waals surface area contributed by atoms with Gasteiger partial charge >= 0.3 is 0 Å². The van der Waals surface area contributed by atoms with Gasteiger partial charge in [-0.1, -0.05) is 22.6 Å². The van der Waals surface area contributed by atoms with Crippen LogP contribution >= 0.6 is 0 Å². The molecule has 63 valence electrons. The van der Waals surface area contributed by atoms with Crippen molar-refractivity contribution in [3.8, 4) is 0 Å². The highest BCUT2D eigenvalue weighted by atomic mass is 16.8. The molecular weight excluding hydrogens is 158 g/mol. The molecule has 12 heavy (non-hydrogen) atoms. The molecule has 1 aromatic carbocycles. The molecule has 1 atom stereocenters. The molecule has 4 heteroatoms. The maximum atomic E-state index is 10.4. The van der Waals surface area contributed by atoms with E-state index < -0.39 is 0 Å². The molecule has 1 heterocycles. The fourth-order valence-corrected chi connectivity index (χ4v) is 1.06. The topological polar surface area (TPSA) is 55.9 Å². The van der Waals surface area contributed by atoms with Gasteiger partial charge in [0, 0.05) is 0 Å². The Bertz CT molecular complexity index is 245. The van der Waals surface area contributed by atoms with Crippen molar-refractivity contribution < 1.29 is 15.2 Å². The van der Waals surface area contributed by atoms with Crippen LogP contribution in [0.2, 0.25) is 0 Å². The predicted octanol–water partition coefficient (Wildman–Crippen LogP) is 1.30.